The summed E-state index contributed by atoms with van der Waals surface area (Å²) in [4.78, 5) is 32.3. The molecule has 0 rings (SSSR count). The molecule has 3 N–H and O–H groups in total. The van der Waals surface area contributed by atoms with Crippen molar-refractivity contribution >= 4 is 41.0 Å². The SMILES string of the molecule is O=C(CCl)NCC[C@@H](NC(=O)CCl)C(=O)O. The van der Waals surface area contributed by atoms with Crippen molar-refractivity contribution in [1.29, 1.82) is 0 Å². The Kier molecular flexibility index (Phi) is 7.66. The van der Waals surface area contributed by atoms with Gasteiger partial charge >= 0.3 is 5.97 Å². The lowest BCUT2D eigenvalue weighted by Gasteiger charge is -2.13. The minimum absolute atomic E-state index is 0.0700. The van der Waals surface area contributed by atoms with E-state index in [0.717, 1.165) is 0 Å². The van der Waals surface area contributed by atoms with E-state index in [2.05, 4.69) is 10.6 Å². The summed E-state index contributed by atoms with van der Waals surface area (Å²) in [6.07, 6.45) is 0.0700. The highest BCUT2D eigenvalue weighted by Crippen LogP contribution is 1.92. The number of amides is 2. The Balaban J connectivity index is 4.00. The molecule has 0 aromatic carbocycles. The highest BCUT2D eigenvalue weighted by Gasteiger charge is 2.19. The average molecular weight is 271 g/mol. The van der Waals surface area contributed by atoms with Crippen molar-refractivity contribution in [1.82, 2.24) is 10.6 Å². The summed E-state index contributed by atoms with van der Waals surface area (Å²) in [6, 6.07) is -1.07. The third kappa shape index (κ3) is 6.47. The molecule has 0 aromatic heterocycles. The molecule has 92 valence electrons. The second-order valence-corrected chi connectivity index (χ2v) is 3.40. The Morgan fingerprint density at radius 1 is 1.12 bits per heavy atom. The summed E-state index contributed by atoms with van der Waals surface area (Å²) in [6.45, 7) is 0.116. The number of alkyl halides is 2. The third-order valence-corrected chi connectivity index (χ3v) is 2.12. The molecule has 0 aliphatic carbocycles. The predicted octanol–water partition coefficient (Wildman–Crippen LogP) is -0.460. The van der Waals surface area contributed by atoms with Crippen LogP contribution in [0.2, 0.25) is 0 Å². The highest BCUT2D eigenvalue weighted by atomic mass is 35.5. The van der Waals surface area contributed by atoms with Gasteiger partial charge in [-0.3, -0.25) is 9.59 Å². The van der Waals surface area contributed by atoms with Crippen LogP contribution in [0.25, 0.3) is 0 Å². The van der Waals surface area contributed by atoms with Crippen LogP contribution in [0, 0.1) is 0 Å². The first-order valence-corrected chi connectivity index (χ1v) is 5.49. The van der Waals surface area contributed by atoms with E-state index in [1.165, 1.54) is 0 Å². The first-order chi connectivity index (χ1) is 7.51. The van der Waals surface area contributed by atoms with Crippen molar-refractivity contribution in [3.8, 4) is 0 Å². The van der Waals surface area contributed by atoms with Crippen molar-refractivity contribution in [3.63, 3.8) is 0 Å². The fraction of sp³-hybridized carbons (Fsp3) is 0.625. The number of carboxylic acids is 1. The standard InChI is InChI=1S/C8H12Cl2N2O4/c9-3-6(13)11-2-1-5(8(15)16)12-7(14)4-10/h5H,1-4H2,(H,11,13)(H,12,14)(H,15,16)/t5-/m1/s1. The fourth-order valence-electron chi connectivity index (χ4n) is 0.893. The van der Waals surface area contributed by atoms with Gasteiger partial charge < -0.3 is 15.7 Å². The molecule has 0 saturated carbocycles. The van der Waals surface area contributed by atoms with Gasteiger partial charge in [-0.2, -0.15) is 0 Å². The Hall–Kier alpha value is -1.01. The van der Waals surface area contributed by atoms with Gasteiger partial charge in [0.2, 0.25) is 11.8 Å². The molecule has 0 aliphatic heterocycles. The molecular formula is C8H12Cl2N2O4. The van der Waals surface area contributed by atoms with Gasteiger partial charge in [0.1, 0.15) is 17.8 Å². The number of aliphatic carboxylic acids is 1. The molecule has 0 saturated heterocycles. The first-order valence-electron chi connectivity index (χ1n) is 4.42. The van der Waals surface area contributed by atoms with E-state index in [4.69, 9.17) is 28.3 Å². The van der Waals surface area contributed by atoms with Gasteiger partial charge in [-0.05, 0) is 6.42 Å². The lowest BCUT2D eigenvalue weighted by Crippen LogP contribution is -2.43. The summed E-state index contributed by atoms with van der Waals surface area (Å²) in [5.41, 5.74) is 0. The molecule has 0 fully saturated rings. The van der Waals surface area contributed by atoms with Crippen LogP contribution in [0.4, 0.5) is 0 Å². The molecule has 0 heterocycles. The van der Waals surface area contributed by atoms with Crippen LogP contribution in [0.1, 0.15) is 6.42 Å². The largest absolute Gasteiger partial charge is 0.480 e. The van der Waals surface area contributed by atoms with Crippen LogP contribution >= 0.6 is 23.2 Å². The molecule has 0 spiro atoms. The maximum absolute atomic E-state index is 10.9. The summed E-state index contributed by atoms with van der Waals surface area (Å²) >= 11 is 10.4. The molecule has 0 aromatic rings. The molecule has 16 heavy (non-hydrogen) atoms. The molecule has 2 amide bonds. The second kappa shape index (κ2) is 8.18. The van der Waals surface area contributed by atoms with Crippen LogP contribution in [-0.4, -0.2) is 47.2 Å². The van der Waals surface area contributed by atoms with Gasteiger partial charge in [-0.1, -0.05) is 0 Å². The van der Waals surface area contributed by atoms with Gasteiger partial charge in [-0.15, -0.1) is 23.2 Å². The number of halogens is 2. The number of nitrogens with one attached hydrogen (secondary N) is 2. The summed E-state index contributed by atoms with van der Waals surface area (Å²) in [5.74, 6) is -2.64. The Bertz CT molecular complexity index is 273. The summed E-state index contributed by atoms with van der Waals surface area (Å²) < 4.78 is 0. The molecule has 0 radical (unpaired) electrons. The topological polar surface area (TPSA) is 95.5 Å². The zero-order chi connectivity index (χ0) is 12.6. The van der Waals surface area contributed by atoms with Gasteiger partial charge in [0, 0.05) is 6.54 Å². The van der Waals surface area contributed by atoms with Crippen molar-refractivity contribution in [2.24, 2.45) is 0 Å². The lowest BCUT2D eigenvalue weighted by atomic mass is 10.2. The van der Waals surface area contributed by atoms with Crippen LogP contribution < -0.4 is 10.6 Å². The number of rotatable bonds is 7. The van der Waals surface area contributed by atoms with Crippen LogP contribution in [0.5, 0.6) is 0 Å². The molecule has 0 bridgehead atoms. The second-order valence-electron chi connectivity index (χ2n) is 2.86. The van der Waals surface area contributed by atoms with E-state index >= 15 is 0 Å². The van der Waals surface area contributed by atoms with Crippen molar-refractivity contribution < 1.29 is 19.5 Å². The molecule has 1 atom stereocenters. The molecule has 6 nitrogen and oxygen atoms in total. The Labute approximate surface area is 102 Å². The van der Waals surface area contributed by atoms with E-state index in [-0.39, 0.29) is 24.7 Å². The molecule has 0 aliphatic rings. The first kappa shape index (κ1) is 15.0. The minimum atomic E-state index is -1.18. The zero-order valence-electron chi connectivity index (χ0n) is 8.33. The van der Waals surface area contributed by atoms with E-state index in [1.54, 1.807) is 0 Å². The quantitative estimate of drug-likeness (QED) is 0.546. The van der Waals surface area contributed by atoms with Gasteiger partial charge in [-0.25, -0.2) is 4.79 Å². The number of carbonyl (C=O) groups excluding carboxylic acids is 2. The van der Waals surface area contributed by atoms with Gasteiger partial charge in [0.25, 0.3) is 0 Å². The van der Waals surface area contributed by atoms with Crippen LogP contribution in [-0.2, 0) is 14.4 Å². The third-order valence-electron chi connectivity index (χ3n) is 1.63. The minimum Gasteiger partial charge on any atom is -0.480 e. The number of carbonyl (C=O) groups is 3. The fourth-order valence-corrected chi connectivity index (χ4v) is 1.07. The molecular weight excluding hydrogens is 259 g/mol. The maximum Gasteiger partial charge on any atom is 0.326 e. The van der Waals surface area contributed by atoms with Crippen molar-refractivity contribution in [2.75, 3.05) is 18.3 Å². The molecule has 8 heteroatoms. The highest BCUT2D eigenvalue weighted by molar-refractivity contribution is 6.27. The van der Waals surface area contributed by atoms with Crippen LogP contribution in [0.3, 0.4) is 0 Å². The van der Waals surface area contributed by atoms with Gasteiger partial charge in [0.15, 0.2) is 0 Å². The van der Waals surface area contributed by atoms with Crippen molar-refractivity contribution in [2.45, 2.75) is 12.5 Å². The normalized spacial score (nSPS) is 11.6. The van der Waals surface area contributed by atoms with Crippen LogP contribution in [0.15, 0.2) is 0 Å². The Morgan fingerprint density at radius 2 is 1.69 bits per heavy atom. The van der Waals surface area contributed by atoms with E-state index in [0.29, 0.717) is 0 Å². The van der Waals surface area contributed by atoms with E-state index < -0.39 is 23.8 Å². The zero-order valence-corrected chi connectivity index (χ0v) is 9.85. The van der Waals surface area contributed by atoms with E-state index in [9.17, 15) is 14.4 Å². The average Bonchev–Trinajstić information content (AvgIpc) is 2.26. The van der Waals surface area contributed by atoms with Crippen molar-refractivity contribution in [3.05, 3.63) is 0 Å². The molecule has 0 unspecified atom stereocenters. The smallest absolute Gasteiger partial charge is 0.326 e. The maximum atomic E-state index is 10.9. The summed E-state index contributed by atoms with van der Waals surface area (Å²) in [7, 11) is 0. The number of hydrogen-bond acceptors (Lipinski definition) is 3. The number of hydrogen-bond donors (Lipinski definition) is 3. The monoisotopic (exact) mass is 270 g/mol. The van der Waals surface area contributed by atoms with Gasteiger partial charge in [0.05, 0.1) is 0 Å². The predicted molar refractivity (Wildman–Crippen MR) is 58.6 cm³/mol. The Morgan fingerprint density at radius 3 is 2.12 bits per heavy atom. The lowest BCUT2D eigenvalue weighted by molar-refractivity contribution is -0.141. The summed E-state index contributed by atoms with van der Waals surface area (Å²) in [5, 5.41) is 13.3. The number of carboxylic acid groups (broad SMARTS) is 1. The van der Waals surface area contributed by atoms with E-state index in [1.807, 2.05) is 0 Å².